The lowest BCUT2D eigenvalue weighted by Crippen LogP contribution is -2.55. The van der Waals surface area contributed by atoms with Crippen LogP contribution in [0.2, 0.25) is 0 Å². The number of carbonyl (C=O) groups excluding carboxylic acids is 2. The molecule has 1 fully saturated rings. The van der Waals surface area contributed by atoms with Crippen LogP contribution in [0.15, 0.2) is 30.3 Å². The van der Waals surface area contributed by atoms with Crippen molar-refractivity contribution in [1.29, 1.82) is 0 Å². The quantitative estimate of drug-likeness (QED) is 0.564. The van der Waals surface area contributed by atoms with Gasteiger partial charge in [0.2, 0.25) is 0 Å². The molecule has 1 aromatic rings. The maximum Gasteiger partial charge on any atom is 0.410 e. The molecule has 2 rings (SSSR count). The van der Waals surface area contributed by atoms with Crippen molar-refractivity contribution in [2.24, 2.45) is 0 Å². The third-order valence-electron chi connectivity index (χ3n) is 4.89. The minimum atomic E-state index is -1.62. The largest absolute Gasteiger partial charge is 0.444 e. The van der Waals surface area contributed by atoms with Crippen molar-refractivity contribution >= 4 is 12.0 Å². The van der Waals surface area contributed by atoms with Gasteiger partial charge in [-0.25, -0.2) is 4.79 Å². The van der Waals surface area contributed by atoms with E-state index >= 15 is 0 Å². The molecule has 2 atom stereocenters. The lowest BCUT2D eigenvalue weighted by molar-refractivity contribution is -0.145. The van der Waals surface area contributed by atoms with E-state index in [1.54, 1.807) is 20.8 Å². The topological polar surface area (TPSA) is 119 Å². The molecule has 29 heavy (non-hydrogen) atoms. The van der Waals surface area contributed by atoms with Crippen LogP contribution in [0.4, 0.5) is 4.79 Å². The van der Waals surface area contributed by atoms with Gasteiger partial charge < -0.3 is 30.3 Å². The second kappa shape index (κ2) is 9.56. The van der Waals surface area contributed by atoms with Gasteiger partial charge in [-0.1, -0.05) is 30.3 Å². The molecule has 0 aliphatic carbocycles. The normalized spacial score (nSPS) is 18.6. The first-order valence-electron chi connectivity index (χ1n) is 9.89. The smallest absolute Gasteiger partial charge is 0.410 e. The van der Waals surface area contributed by atoms with E-state index < -0.39 is 42.0 Å². The Balaban J connectivity index is 2.02. The standard InChI is InChI=1S/C21H32N2O6/c1-20(2,3)29-19(27)23-11-9-21(28,10-12-23)18(26)22-17(13-16(25)14-24)15-7-5-4-6-8-15/h4-8,16-17,24-25,28H,9-14H2,1-3H3,(H,22,26). The summed E-state index contributed by atoms with van der Waals surface area (Å²) in [4.78, 5) is 26.5. The number of amides is 2. The molecule has 0 saturated carbocycles. The Hall–Kier alpha value is -2.16. The highest BCUT2D eigenvalue weighted by Gasteiger charge is 2.42. The molecule has 8 nitrogen and oxygen atoms in total. The van der Waals surface area contributed by atoms with Crippen LogP contribution in [0, 0.1) is 0 Å². The van der Waals surface area contributed by atoms with Crippen LogP contribution in [0.25, 0.3) is 0 Å². The van der Waals surface area contributed by atoms with Crippen molar-refractivity contribution in [3.8, 4) is 0 Å². The number of hydrogen-bond acceptors (Lipinski definition) is 6. The molecule has 1 heterocycles. The van der Waals surface area contributed by atoms with E-state index in [4.69, 9.17) is 9.84 Å². The fourth-order valence-corrected chi connectivity index (χ4v) is 3.22. The molecule has 0 bridgehead atoms. The van der Waals surface area contributed by atoms with Gasteiger partial charge >= 0.3 is 6.09 Å². The number of aliphatic hydroxyl groups is 3. The number of aliphatic hydroxyl groups excluding tert-OH is 2. The Labute approximate surface area is 171 Å². The third kappa shape index (κ3) is 6.69. The Bertz CT molecular complexity index is 680. The zero-order valence-corrected chi connectivity index (χ0v) is 17.3. The van der Waals surface area contributed by atoms with Gasteiger partial charge in [0, 0.05) is 25.9 Å². The predicted octanol–water partition coefficient (Wildman–Crippen LogP) is 1.35. The van der Waals surface area contributed by atoms with Crippen LogP contribution in [0.1, 0.15) is 51.6 Å². The lowest BCUT2D eigenvalue weighted by atomic mass is 9.89. The Morgan fingerprint density at radius 1 is 1.21 bits per heavy atom. The van der Waals surface area contributed by atoms with Gasteiger partial charge in [-0.3, -0.25) is 4.79 Å². The Kier molecular flexibility index (Phi) is 7.62. The van der Waals surface area contributed by atoms with Crippen LogP contribution < -0.4 is 5.32 Å². The molecular weight excluding hydrogens is 376 g/mol. The SMILES string of the molecule is CC(C)(C)OC(=O)N1CCC(O)(C(=O)NC(CC(O)CO)c2ccccc2)CC1. The monoisotopic (exact) mass is 408 g/mol. The summed E-state index contributed by atoms with van der Waals surface area (Å²) >= 11 is 0. The van der Waals surface area contributed by atoms with Gasteiger partial charge in [-0.05, 0) is 32.8 Å². The van der Waals surface area contributed by atoms with Crippen LogP contribution in [0.3, 0.4) is 0 Å². The number of hydrogen-bond donors (Lipinski definition) is 4. The molecule has 0 radical (unpaired) electrons. The van der Waals surface area contributed by atoms with E-state index in [2.05, 4.69) is 5.32 Å². The number of rotatable bonds is 6. The van der Waals surface area contributed by atoms with Crippen LogP contribution in [-0.4, -0.2) is 69.2 Å². The summed E-state index contributed by atoms with van der Waals surface area (Å²) in [6, 6.07) is 8.53. The molecule has 1 aliphatic rings. The molecule has 0 spiro atoms. The van der Waals surface area contributed by atoms with Crippen LogP contribution in [0.5, 0.6) is 0 Å². The highest BCUT2D eigenvalue weighted by Crippen LogP contribution is 2.26. The summed E-state index contributed by atoms with van der Waals surface area (Å²) in [5, 5.41) is 32.7. The average Bonchev–Trinajstić information content (AvgIpc) is 2.67. The van der Waals surface area contributed by atoms with Crippen molar-refractivity contribution in [2.45, 2.75) is 63.4 Å². The molecule has 2 amide bonds. The van der Waals surface area contributed by atoms with E-state index in [9.17, 15) is 19.8 Å². The number of piperidine rings is 1. The number of ether oxygens (including phenoxy) is 1. The van der Waals surface area contributed by atoms with E-state index in [1.807, 2.05) is 30.3 Å². The van der Waals surface area contributed by atoms with Gasteiger partial charge in [-0.15, -0.1) is 0 Å². The molecular formula is C21H32N2O6. The number of likely N-dealkylation sites (tertiary alicyclic amines) is 1. The fraction of sp³-hybridized carbons (Fsp3) is 0.619. The van der Waals surface area contributed by atoms with E-state index in [0.717, 1.165) is 5.56 Å². The van der Waals surface area contributed by atoms with E-state index in [1.165, 1.54) is 4.90 Å². The van der Waals surface area contributed by atoms with Crippen LogP contribution in [-0.2, 0) is 9.53 Å². The zero-order chi connectivity index (χ0) is 21.7. The average molecular weight is 408 g/mol. The first kappa shape index (κ1) is 23.1. The van der Waals surface area contributed by atoms with E-state index in [0.29, 0.717) is 0 Å². The highest BCUT2D eigenvalue weighted by molar-refractivity contribution is 5.85. The summed E-state index contributed by atoms with van der Waals surface area (Å²) < 4.78 is 5.34. The Morgan fingerprint density at radius 3 is 2.31 bits per heavy atom. The number of nitrogens with zero attached hydrogens (tertiary/aromatic N) is 1. The molecule has 4 N–H and O–H groups in total. The molecule has 1 saturated heterocycles. The maximum atomic E-state index is 12.8. The van der Waals surface area contributed by atoms with Gasteiger partial charge in [0.05, 0.1) is 18.8 Å². The maximum absolute atomic E-state index is 12.8. The van der Waals surface area contributed by atoms with Crippen molar-refractivity contribution in [1.82, 2.24) is 10.2 Å². The second-order valence-corrected chi connectivity index (χ2v) is 8.51. The summed E-state index contributed by atoms with van der Waals surface area (Å²) in [7, 11) is 0. The van der Waals surface area contributed by atoms with Gasteiger partial charge in [-0.2, -0.15) is 0 Å². The third-order valence-corrected chi connectivity index (χ3v) is 4.89. The summed E-state index contributed by atoms with van der Waals surface area (Å²) in [6.45, 7) is 5.33. The van der Waals surface area contributed by atoms with Crippen molar-refractivity contribution in [3.63, 3.8) is 0 Å². The second-order valence-electron chi connectivity index (χ2n) is 8.51. The number of nitrogens with one attached hydrogen (secondary N) is 1. The number of benzene rings is 1. The molecule has 2 unspecified atom stereocenters. The van der Waals surface area contributed by atoms with Gasteiger partial charge in [0.25, 0.3) is 5.91 Å². The Morgan fingerprint density at radius 2 is 1.79 bits per heavy atom. The predicted molar refractivity (Wildman–Crippen MR) is 107 cm³/mol. The van der Waals surface area contributed by atoms with Crippen molar-refractivity contribution < 1.29 is 29.6 Å². The number of carbonyl (C=O) groups is 2. The molecule has 1 aromatic carbocycles. The van der Waals surface area contributed by atoms with Gasteiger partial charge in [0.1, 0.15) is 11.2 Å². The first-order valence-corrected chi connectivity index (χ1v) is 9.89. The molecule has 1 aliphatic heterocycles. The lowest BCUT2D eigenvalue weighted by Gasteiger charge is -2.38. The molecule has 8 heteroatoms. The first-order chi connectivity index (χ1) is 13.5. The summed E-state index contributed by atoms with van der Waals surface area (Å²) in [6.07, 6.45) is -1.17. The van der Waals surface area contributed by atoms with Crippen LogP contribution >= 0.6 is 0 Å². The van der Waals surface area contributed by atoms with Crippen molar-refractivity contribution in [3.05, 3.63) is 35.9 Å². The van der Waals surface area contributed by atoms with Crippen molar-refractivity contribution in [2.75, 3.05) is 19.7 Å². The molecule has 162 valence electrons. The minimum absolute atomic E-state index is 0.0855. The van der Waals surface area contributed by atoms with E-state index in [-0.39, 0.29) is 32.4 Å². The fourth-order valence-electron chi connectivity index (χ4n) is 3.22. The molecule has 0 aromatic heterocycles. The minimum Gasteiger partial charge on any atom is -0.444 e. The summed E-state index contributed by atoms with van der Waals surface area (Å²) in [5.41, 5.74) is -1.46. The highest BCUT2D eigenvalue weighted by atomic mass is 16.6. The van der Waals surface area contributed by atoms with Gasteiger partial charge in [0.15, 0.2) is 0 Å². The zero-order valence-electron chi connectivity index (χ0n) is 17.3. The summed E-state index contributed by atoms with van der Waals surface area (Å²) in [5.74, 6) is -0.555.